The largest absolute Gasteiger partial charge is 0.486 e. The number of aliphatic hydroxyl groups is 1. The molecule has 1 heterocycles. The normalized spacial score (nSPS) is 15.3. The lowest BCUT2D eigenvalue weighted by Gasteiger charge is -2.23. The zero-order valence-electron chi connectivity index (χ0n) is 13.8. The Hall–Kier alpha value is -1.93. The van der Waals surface area contributed by atoms with E-state index >= 15 is 0 Å². The van der Waals surface area contributed by atoms with Crippen LogP contribution < -0.4 is 20.1 Å². The number of carbonyl (C=O) groups is 2. The number of hydrogen-bond donors (Lipinski definition) is 3. The summed E-state index contributed by atoms with van der Waals surface area (Å²) in [6, 6.07) is 4.91. The van der Waals surface area contributed by atoms with Gasteiger partial charge in [0.2, 0.25) is 0 Å². The first-order valence-electron chi connectivity index (χ1n) is 7.61. The van der Waals surface area contributed by atoms with Gasteiger partial charge in [-0.15, -0.1) is 0 Å². The van der Waals surface area contributed by atoms with Crippen molar-refractivity contribution in [2.75, 3.05) is 37.1 Å². The van der Waals surface area contributed by atoms with E-state index in [9.17, 15) is 14.7 Å². The number of fused-ring (bicyclic) bond motifs is 1. The van der Waals surface area contributed by atoms with Crippen LogP contribution in [0.25, 0.3) is 0 Å². The monoisotopic (exact) mass is 354 g/mol. The van der Waals surface area contributed by atoms with Gasteiger partial charge in [0.1, 0.15) is 13.2 Å². The Balaban J connectivity index is 1.86. The number of amides is 2. The molecule has 132 valence electrons. The quantitative estimate of drug-likeness (QED) is 0.660. The first-order valence-corrected chi connectivity index (χ1v) is 9.01. The molecule has 0 fully saturated rings. The van der Waals surface area contributed by atoms with Crippen molar-refractivity contribution in [1.82, 2.24) is 5.32 Å². The zero-order valence-corrected chi connectivity index (χ0v) is 14.6. The second-order valence-corrected chi connectivity index (χ2v) is 6.72. The maximum absolute atomic E-state index is 11.9. The lowest BCUT2D eigenvalue weighted by atomic mass is 10.0. The Morgan fingerprint density at radius 1 is 1.25 bits per heavy atom. The fourth-order valence-electron chi connectivity index (χ4n) is 2.07. The van der Waals surface area contributed by atoms with Crippen LogP contribution in [0.2, 0.25) is 0 Å². The lowest BCUT2D eigenvalue weighted by Crippen LogP contribution is -2.44. The van der Waals surface area contributed by atoms with Crippen molar-refractivity contribution in [2.24, 2.45) is 0 Å². The molecule has 1 aromatic rings. The molecule has 0 saturated heterocycles. The first-order chi connectivity index (χ1) is 11.4. The van der Waals surface area contributed by atoms with Gasteiger partial charge in [0.05, 0.1) is 5.60 Å². The average molecular weight is 354 g/mol. The van der Waals surface area contributed by atoms with Gasteiger partial charge in [0, 0.05) is 18.3 Å². The Kier molecular flexibility index (Phi) is 6.33. The molecule has 7 nitrogen and oxygen atoms in total. The average Bonchev–Trinajstić information content (AvgIpc) is 2.58. The maximum atomic E-state index is 11.9. The Bertz CT molecular complexity index is 606. The molecule has 24 heavy (non-hydrogen) atoms. The summed E-state index contributed by atoms with van der Waals surface area (Å²) < 4.78 is 10.8. The van der Waals surface area contributed by atoms with Gasteiger partial charge in [-0.3, -0.25) is 9.59 Å². The summed E-state index contributed by atoms with van der Waals surface area (Å²) >= 11 is 1.61. The van der Waals surface area contributed by atoms with Crippen molar-refractivity contribution in [1.29, 1.82) is 0 Å². The summed E-state index contributed by atoms with van der Waals surface area (Å²) in [5.41, 5.74) is -0.607. The van der Waals surface area contributed by atoms with Crippen LogP contribution in [0.4, 0.5) is 5.69 Å². The van der Waals surface area contributed by atoms with Crippen LogP contribution in [0.15, 0.2) is 18.2 Å². The van der Waals surface area contributed by atoms with Crippen LogP contribution >= 0.6 is 11.8 Å². The Morgan fingerprint density at radius 3 is 2.67 bits per heavy atom. The second-order valence-electron chi connectivity index (χ2n) is 5.73. The summed E-state index contributed by atoms with van der Waals surface area (Å²) in [4.78, 5) is 23.8. The van der Waals surface area contributed by atoms with Gasteiger partial charge in [-0.1, -0.05) is 0 Å². The molecule has 0 bridgehead atoms. The fraction of sp³-hybridized carbons (Fsp3) is 0.500. The molecule has 1 aromatic carbocycles. The van der Waals surface area contributed by atoms with Crippen molar-refractivity contribution in [3.8, 4) is 11.5 Å². The Labute approximate surface area is 145 Å². The van der Waals surface area contributed by atoms with Crippen LogP contribution in [-0.2, 0) is 9.59 Å². The number of benzene rings is 1. The summed E-state index contributed by atoms with van der Waals surface area (Å²) in [6.07, 6.45) is 2.47. The molecule has 1 aliphatic rings. The lowest BCUT2D eigenvalue weighted by molar-refractivity contribution is -0.136. The molecule has 1 atom stereocenters. The van der Waals surface area contributed by atoms with E-state index in [0.29, 0.717) is 36.8 Å². The number of carbonyl (C=O) groups excluding carboxylic acids is 2. The molecule has 1 unspecified atom stereocenters. The van der Waals surface area contributed by atoms with Crippen LogP contribution in [0, 0.1) is 0 Å². The molecule has 0 radical (unpaired) electrons. The van der Waals surface area contributed by atoms with Crippen molar-refractivity contribution < 1.29 is 24.2 Å². The van der Waals surface area contributed by atoms with E-state index < -0.39 is 17.4 Å². The minimum atomic E-state index is -1.05. The molecule has 0 aliphatic carbocycles. The highest BCUT2D eigenvalue weighted by Crippen LogP contribution is 2.32. The van der Waals surface area contributed by atoms with Gasteiger partial charge in [-0.05, 0) is 37.5 Å². The molecular weight excluding hydrogens is 332 g/mol. The molecule has 3 N–H and O–H groups in total. The second kappa shape index (κ2) is 8.25. The van der Waals surface area contributed by atoms with Crippen molar-refractivity contribution >= 4 is 29.3 Å². The molecule has 8 heteroatoms. The SMILES string of the molecule is CSCCC(C)(O)CNC(=O)C(=O)Nc1ccc2c(c1)OCCO2. The van der Waals surface area contributed by atoms with E-state index in [1.807, 2.05) is 6.26 Å². The zero-order chi connectivity index (χ0) is 17.6. The molecule has 0 aromatic heterocycles. The van der Waals surface area contributed by atoms with Gasteiger partial charge < -0.3 is 25.2 Å². The number of thioether (sulfide) groups is 1. The number of hydrogen-bond acceptors (Lipinski definition) is 6. The van der Waals surface area contributed by atoms with Crippen LogP contribution in [0.5, 0.6) is 11.5 Å². The topological polar surface area (TPSA) is 96.9 Å². The Morgan fingerprint density at radius 2 is 1.96 bits per heavy atom. The maximum Gasteiger partial charge on any atom is 0.313 e. The van der Waals surface area contributed by atoms with E-state index in [2.05, 4.69) is 10.6 Å². The van der Waals surface area contributed by atoms with Crippen molar-refractivity contribution in [3.63, 3.8) is 0 Å². The number of nitrogens with one attached hydrogen (secondary N) is 2. The third-order valence-corrected chi connectivity index (χ3v) is 4.09. The van der Waals surface area contributed by atoms with Gasteiger partial charge in [0.25, 0.3) is 0 Å². The third-order valence-electron chi connectivity index (χ3n) is 3.48. The number of ether oxygens (including phenoxy) is 2. The first kappa shape index (κ1) is 18.4. The van der Waals surface area contributed by atoms with Crippen LogP contribution in [0.3, 0.4) is 0 Å². The number of anilines is 1. The summed E-state index contributed by atoms with van der Waals surface area (Å²) in [5, 5.41) is 15.1. The fourth-order valence-corrected chi connectivity index (χ4v) is 2.71. The van der Waals surface area contributed by atoms with Gasteiger partial charge >= 0.3 is 11.8 Å². The molecule has 0 saturated carbocycles. The predicted octanol–water partition coefficient (Wildman–Crippen LogP) is 1.02. The third kappa shape index (κ3) is 5.31. The summed E-state index contributed by atoms with van der Waals surface area (Å²) in [7, 11) is 0. The minimum absolute atomic E-state index is 0.0148. The van der Waals surface area contributed by atoms with Gasteiger partial charge in [-0.2, -0.15) is 11.8 Å². The van der Waals surface area contributed by atoms with E-state index in [0.717, 1.165) is 5.75 Å². The van der Waals surface area contributed by atoms with Gasteiger partial charge in [-0.25, -0.2) is 0 Å². The summed E-state index contributed by atoms with van der Waals surface area (Å²) in [6.45, 7) is 2.57. The molecular formula is C16H22N2O5S. The summed E-state index contributed by atoms with van der Waals surface area (Å²) in [5.74, 6) is 0.307. The molecule has 1 aliphatic heterocycles. The van der Waals surface area contributed by atoms with E-state index in [1.54, 1.807) is 36.9 Å². The van der Waals surface area contributed by atoms with Crippen molar-refractivity contribution in [2.45, 2.75) is 18.9 Å². The standard InChI is InChI=1S/C16H22N2O5S/c1-16(21,5-8-24-2)10-17-14(19)15(20)18-11-3-4-12-13(9-11)23-7-6-22-12/h3-4,9,21H,5-8,10H2,1-2H3,(H,17,19)(H,18,20). The van der Waals surface area contributed by atoms with Crippen molar-refractivity contribution in [3.05, 3.63) is 18.2 Å². The molecule has 2 amide bonds. The smallest absolute Gasteiger partial charge is 0.313 e. The van der Waals surface area contributed by atoms with Crippen LogP contribution in [0.1, 0.15) is 13.3 Å². The highest BCUT2D eigenvalue weighted by atomic mass is 32.2. The van der Waals surface area contributed by atoms with E-state index in [-0.39, 0.29) is 6.54 Å². The van der Waals surface area contributed by atoms with Gasteiger partial charge in [0.15, 0.2) is 11.5 Å². The molecule has 2 rings (SSSR count). The van der Waals surface area contributed by atoms with Crippen LogP contribution in [-0.4, -0.2) is 54.3 Å². The van der Waals surface area contributed by atoms with E-state index in [1.165, 1.54) is 0 Å². The highest BCUT2D eigenvalue weighted by Gasteiger charge is 2.23. The van der Waals surface area contributed by atoms with E-state index in [4.69, 9.17) is 9.47 Å². The highest BCUT2D eigenvalue weighted by molar-refractivity contribution is 7.98. The predicted molar refractivity (Wildman–Crippen MR) is 92.7 cm³/mol. The molecule has 0 spiro atoms. The minimum Gasteiger partial charge on any atom is -0.486 e. The number of rotatable bonds is 6.